The smallest absolute Gasteiger partial charge is 0.258 e. The molecule has 1 aromatic heterocycles. The molecule has 0 aromatic carbocycles. The molecule has 0 saturated heterocycles. The minimum atomic E-state index is 0.673. The van der Waals surface area contributed by atoms with Gasteiger partial charge in [-0.05, 0) is 12.8 Å². The van der Waals surface area contributed by atoms with Crippen molar-refractivity contribution in [1.82, 2.24) is 10.4 Å². The first kappa shape index (κ1) is 11.0. The molecule has 79 valence electrons. The lowest BCUT2D eigenvalue weighted by atomic mass is 10.3. The van der Waals surface area contributed by atoms with Gasteiger partial charge in [-0.2, -0.15) is 0 Å². The van der Waals surface area contributed by atoms with Crippen molar-refractivity contribution in [2.24, 2.45) is 0 Å². The summed E-state index contributed by atoms with van der Waals surface area (Å²) in [6, 6.07) is 0. The van der Waals surface area contributed by atoms with Crippen LogP contribution in [0, 0.1) is 6.20 Å². The van der Waals surface area contributed by atoms with E-state index < -0.39 is 0 Å². The van der Waals surface area contributed by atoms with Gasteiger partial charge in [0, 0.05) is 18.4 Å². The van der Waals surface area contributed by atoms with Gasteiger partial charge in [0.05, 0.1) is 0 Å². The lowest BCUT2D eigenvalue weighted by molar-refractivity contribution is 0.388. The van der Waals surface area contributed by atoms with Crippen LogP contribution in [0.25, 0.3) is 0 Å². The Bertz CT molecular complexity index is 215. The molecule has 4 heteroatoms. The maximum atomic E-state index is 5.00. The predicted molar refractivity (Wildman–Crippen MR) is 55.2 cm³/mol. The van der Waals surface area contributed by atoms with Gasteiger partial charge in [0.25, 0.3) is 5.88 Å². The van der Waals surface area contributed by atoms with Crippen molar-refractivity contribution >= 4 is 5.88 Å². The summed E-state index contributed by atoms with van der Waals surface area (Å²) in [6.45, 7) is 6.37. The van der Waals surface area contributed by atoms with Crippen LogP contribution in [-0.4, -0.2) is 23.5 Å². The van der Waals surface area contributed by atoms with Gasteiger partial charge in [-0.15, -0.1) is 5.10 Å². The Hall–Kier alpha value is -1.06. The molecule has 0 saturated carbocycles. The molecule has 0 spiro atoms. The van der Waals surface area contributed by atoms with Crippen LogP contribution in [0.15, 0.2) is 4.52 Å². The van der Waals surface area contributed by atoms with Crippen molar-refractivity contribution in [3.05, 3.63) is 6.20 Å². The molecule has 1 aromatic rings. The monoisotopic (exact) mass is 196 g/mol. The van der Waals surface area contributed by atoms with E-state index in [4.69, 9.17) is 4.52 Å². The molecule has 0 aliphatic rings. The van der Waals surface area contributed by atoms with Crippen molar-refractivity contribution in [1.29, 1.82) is 0 Å². The molecule has 1 heterocycles. The van der Waals surface area contributed by atoms with Crippen LogP contribution in [0.2, 0.25) is 0 Å². The average molecular weight is 196 g/mol. The van der Waals surface area contributed by atoms with E-state index >= 15 is 0 Å². The summed E-state index contributed by atoms with van der Waals surface area (Å²) in [6.07, 6.45) is 7.45. The maximum absolute atomic E-state index is 5.00. The minimum Gasteiger partial charge on any atom is -0.339 e. The molecule has 0 unspecified atom stereocenters. The summed E-state index contributed by atoms with van der Waals surface area (Å²) in [5.74, 6) is 0.673. The molecular weight excluding hydrogens is 178 g/mol. The third kappa shape index (κ3) is 3.36. The van der Waals surface area contributed by atoms with Crippen LogP contribution in [-0.2, 0) is 0 Å². The number of hydrogen-bond acceptors (Lipinski definition) is 4. The first-order chi connectivity index (χ1) is 6.88. The number of rotatable bonds is 7. The van der Waals surface area contributed by atoms with E-state index in [9.17, 15) is 0 Å². The standard InChI is InChI=1S/C10H18N3O/c1-3-5-7-13(8-6-4-2)10-9-11-12-14-10/h3-8H2,1-2H3. The molecule has 14 heavy (non-hydrogen) atoms. The molecule has 0 fully saturated rings. The van der Waals surface area contributed by atoms with Crippen LogP contribution >= 0.6 is 0 Å². The van der Waals surface area contributed by atoms with E-state index in [1.807, 2.05) is 0 Å². The summed E-state index contributed by atoms with van der Waals surface area (Å²) >= 11 is 0. The first-order valence-electron chi connectivity index (χ1n) is 5.33. The quantitative estimate of drug-likeness (QED) is 0.671. The number of unbranched alkanes of at least 4 members (excludes halogenated alkanes) is 2. The molecule has 0 bridgehead atoms. The maximum Gasteiger partial charge on any atom is 0.258 e. The Morgan fingerprint density at radius 3 is 2.29 bits per heavy atom. The summed E-state index contributed by atoms with van der Waals surface area (Å²) in [5, 5.41) is 7.01. The van der Waals surface area contributed by atoms with Crippen molar-refractivity contribution in [2.45, 2.75) is 39.5 Å². The number of aromatic nitrogens is 2. The number of anilines is 1. The largest absolute Gasteiger partial charge is 0.339 e. The Morgan fingerprint density at radius 1 is 1.21 bits per heavy atom. The Labute approximate surface area is 85.3 Å². The highest BCUT2D eigenvalue weighted by Gasteiger charge is 2.09. The Balaban J connectivity index is 2.44. The second-order valence-corrected chi connectivity index (χ2v) is 3.38. The molecule has 0 aliphatic heterocycles. The molecule has 1 radical (unpaired) electrons. The highest BCUT2D eigenvalue weighted by Crippen LogP contribution is 2.12. The summed E-state index contributed by atoms with van der Waals surface area (Å²) < 4.78 is 5.00. The lowest BCUT2D eigenvalue weighted by Crippen LogP contribution is -2.25. The van der Waals surface area contributed by atoms with E-state index in [0.29, 0.717) is 5.88 Å². The SMILES string of the molecule is CCCCN(CCCC)c1[c]nno1. The zero-order valence-electron chi connectivity index (χ0n) is 8.99. The fourth-order valence-corrected chi connectivity index (χ4v) is 1.28. The zero-order chi connectivity index (χ0) is 10.2. The van der Waals surface area contributed by atoms with Crippen LogP contribution in [0.4, 0.5) is 5.88 Å². The third-order valence-electron chi connectivity index (χ3n) is 2.16. The minimum absolute atomic E-state index is 0.673. The Morgan fingerprint density at radius 2 is 1.86 bits per heavy atom. The van der Waals surface area contributed by atoms with Crippen LogP contribution in [0.5, 0.6) is 0 Å². The zero-order valence-corrected chi connectivity index (χ0v) is 8.99. The highest BCUT2D eigenvalue weighted by molar-refractivity contribution is 5.28. The van der Waals surface area contributed by atoms with Gasteiger partial charge in [-0.3, -0.25) is 0 Å². The van der Waals surface area contributed by atoms with Crippen molar-refractivity contribution < 1.29 is 4.52 Å². The predicted octanol–water partition coefficient (Wildman–Crippen LogP) is 2.28. The molecule has 0 amide bonds. The number of nitrogens with zero attached hydrogens (tertiary/aromatic N) is 3. The normalized spacial score (nSPS) is 10.4. The van der Waals surface area contributed by atoms with E-state index in [1.54, 1.807) is 0 Å². The third-order valence-corrected chi connectivity index (χ3v) is 2.16. The van der Waals surface area contributed by atoms with E-state index in [0.717, 1.165) is 25.9 Å². The van der Waals surface area contributed by atoms with Gasteiger partial charge < -0.3 is 9.42 Å². The fraction of sp³-hybridized carbons (Fsp3) is 0.800. The second kappa shape index (κ2) is 6.40. The number of hydrogen-bond donors (Lipinski definition) is 0. The lowest BCUT2D eigenvalue weighted by Gasteiger charge is -2.19. The van der Waals surface area contributed by atoms with Crippen molar-refractivity contribution in [3.63, 3.8) is 0 Å². The van der Waals surface area contributed by atoms with Crippen molar-refractivity contribution in [3.8, 4) is 0 Å². The highest BCUT2D eigenvalue weighted by atomic mass is 16.5. The van der Waals surface area contributed by atoms with Gasteiger partial charge >= 0.3 is 0 Å². The topological polar surface area (TPSA) is 42.2 Å². The fourth-order valence-electron chi connectivity index (χ4n) is 1.28. The van der Waals surface area contributed by atoms with Crippen LogP contribution in [0.1, 0.15) is 39.5 Å². The van der Waals surface area contributed by atoms with E-state index in [-0.39, 0.29) is 0 Å². The van der Waals surface area contributed by atoms with Crippen molar-refractivity contribution in [2.75, 3.05) is 18.0 Å². The average Bonchev–Trinajstić information content (AvgIpc) is 2.71. The van der Waals surface area contributed by atoms with Crippen LogP contribution in [0.3, 0.4) is 0 Å². The van der Waals surface area contributed by atoms with Gasteiger partial charge in [0.15, 0.2) is 6.20 Å². The van der Waals surface area contributed by atoms with Gasteiger partial charge in [-0.1, -0.05) is 26.7 Å². The van der Waals surface area contributed by atoms with Gasteiger partial charge in [0.1, 0.15) is 0 Å². The summed E-state index contributed by atoms with van der Waals surface area (Å²) in [4.78, 5) is 2.16. The summed E-state index contributed by atoms with van der Waals surface area (Å²) in [5.41, 5.74) is 0. The molecule has 1 rings (SSSR count). The molecule has 0 N–H and O–H groups in total. The first-order valence-corrected chi connectivity index (χ1v) is 5.33. The second-order valence-electron chi connectivity index (χ2n) is 3.38. The van der Waals surface area contributed by atoms with E-state index in [2.05, 4.69) is 35.3 Å². The van der Waals surface area contributed by atoms with Crippen LogP contribution < -0.4 is 4.90 Å². The molecule has 0 atom stereocenters. The molecule has 0 aliphatic carbocycles. The molecular formula is C10H18N3O. The summed E-state index contributed by atoms with van der Waals surface area (Å²) in [7, 11) is 0. The molecule has 4 nitrogen and oxygen atoms in total. The Kier molecular flexibility index (Phi) is 5.04. The van der Waals surface area contributed by atoms with Gasteiger partial charge in [0.2, 0.25) is 0 Å². The van der Waals surface area contributed by atoms with E-state index in [1.165, 1.54) is 12.8 Å². The van der Waals surface area contributed by atoms with Gasteiger partial charge in [-0.25, -0.2) is 0 Å².